The quantitative estimate of drug-likeness (QED) is 0.842. The zero-order valence-electron chi connectivity index (χ0n) is 14.5. The fourth-order valence-electron chi connectivity index (χ4n) is 4.45. The van der Waals surface area contributed by atoms with Crippen molar-refractivity contribution >= 4 is 16.7 Å². The minimum atomic E-state index is -0.0880. The second kappa shape index (κ2) is 6.21. The number of fused-ring (bicyclic) bond motifs is 1. The molecule has 2 fully saturated rings. The summed E-state index contributed by atoms with van der Waals surface area (Å²) in [6, 6.07) is 14.9. The van der Waals surface area contributed by atoms with Crippen LogP contribution in [0.4, 0.5) is 0 Å². The van der Waals surface area contributed by atoms with E-state index in [1.165, 1.54) is 16.3 Å². The van der Waals surface area contributed by atoms with Crippen molar-refractivity contribution in [2.24, 2.45) is 5.41 Å². The summed E-state index contributed by atoms with van der Waals surface area (Å²) in [5, 5.41) is 2.53. The second-order valence-electron chi connectivity index (χ2n) is 7.55. The molecule has 0 radical (unpaired) electrons. The number of nitrogens with zero attached hydrogens (tertiary/aromatic N) is 2. The van der Waals surface area contributed by atoms with Crippen LogP contribution in [0.25, 0.3) is 10.8 Å². The van der Waals surface area contributed by atoms with Crippen LogP contribution in [0, 0.1) is 5.41 Å². The third-order valence-corrected chi connectivity index (χ3v) is 6.01. The van der Waals surface area contributed by atoms with Crippen molar-refractivity contribution < 1.29 is 4.79 Å². The molecule has 2 aromatic carbocycles. The topological polar surface area (TPSA) is 23.6 Å². The Kier molecular flexibility index (Phi) is 4.05. The molecule has 2 aromatic rings. The highest BCUT2D eigenvalue weighted by molar-refractivity contribution is 5.87. The van der Waals surface area contributed by atoms with Crippen LogP contribution < -0.4 is 0 Å². The van der Waals surface area contributed by atoms with Gasteiger partial charge in [-0.15, -0.1) is 0 Å². The van der Waals surface area contributed by atoms with Crippen LogP contribution in [0.5, 0.6) is 0 Å². The minimum absolute atomic E-state index is 0.0880. The van der Waals surface area contributed by atoms with Gasteiger partial charge < -0.3 is 9.80 Å². The van der Waals surface area contributed by atoms with Gasteiger partial charge in [-0.05, 0) is 62.2 Å². The van der Waals surface area contributed by atoms with E-state index in [9.17, 15) is 4.79 Å². The lowest BCUT2D eigenvalue weighted by Crippen LogP contribution is -2.52. The van der Waals surface area contributed by atoms with Gasteiger partial charge in [-0.25, -0.2) is 0 Å². The molecule has 0 aromatic heterocycles. The van der Waals surface area contributed by atoms with Gasteiger partial charge in [0.05, 0.1) is 5.41 Å². The average molecular weight is 322 g/mol. The van der Waals surface area contributed by atoms with Crippen LogP contribution in [0.3, 0.4) is 0 Å². The van der Waals surface area contributed by atoms with E-state index in [0.29, 0.717) is 5.91 Å². The van der Waals surface area contributed by atoms with E-state index in [2.05, 4.69) is 59.3 Å². The maximum atomic E-state index is 13.3. The van der Waals surface area contributed by atoms with Gasteiger partial charge in [0.2, 0.25) is 5.91 Å². The van der Waals surface area contributed by atoms with Gasteiger partial charge >= 0.3 is 0 Å². The van der Waals surface area contributed by atoms with E-state index < -0.39 is 0 Å². The first-order valence-corrected chi connectivity index (χ1v) is 9.13. The summed E-state index contributed by atoms with van der Waals surface area (Å²) in [5.74, 6) is 0.398. The molecular weight excluding hydrogens is 296 g/mol. The van der Waals surface area contributed by atoms with Gasteiger partial charge in [-0.2, -0.15) is 0 Å². The van der Waals surface area contributed by atoms with Gasteiger partial charge in [0.15, 0.2) is 0 Å². The summed E-state index contributed by atoms with van der Waals surface area (Å²) in [5.41, 5.74) is 1.18. The fourth-order valence-corrected chi connectivity index (χ4v) is 4.45. The van der Waals surface area contributed by atoms with Crippen molar-refractivity contribution in [2.45, 2.75) is 32.2 Å². The van der Waals surface area contributed by atoms with Gasteiger partial charge in [0, 0.05) is 13.1 Å². The van der Waals surface area contributed by atoms with Crippen molar-refractivity contribution in [1.29, 1.82) is 0 Å². The Morgan fingerprint density at radius 1 is 0.958 bits per heavy atom. The highest BCUT2D eigenvalue weighted by Crippen LogP contribution is 2.41. The molecule has 0 N–H and O–H groups in total. The molecule has 1 amide bonds. The predicted molar refractivity (Wildman–Crippen MR) is 97.8 cm³/mol. The normalized spacial score (nSPS) is 21.5. The molecule has 0 saturated carbocycles. The molecule has 4 rings (SSSR count). The summed E-state index contributed by atoms with van der Waals surface area (Å²) in [6.07, 6.45) is 4.26. The molecule has 24 heavy (non-hydrogen) atoms. The zero-order valence-corrected chi connectivity index (χ0v) is 14.5. The highest BCUT2D eigenvalue weighted by Gasteiger charge is 2.45. The van der Waals surface area contributed by atoms with Gasteiger partial charge in [-0.3, -0.25) is 4.79 Å². The van der Waals surface area contributed by atoms with Crippen molar-refractivity contribution in [3.63, 3.8) is 0 Å². The van der Waals surface area contributed by atoms with Crippen molar-refractivity contribution in [2.75, 3.05) is 26.7 Å². The van der Waals surface area contributed by atoms with E-state index in [4.69, 9.17) is 0 Å². The largest absolute Gasteiger partial charge is 0.338 e. The van der Waals surface area contributed by atoms with Crippen LogP contribution in [-0.4, -0.2) is 42.4 Å². The van der Waals surface area contributed by atoms with E-state index in [1.54, 1.807) is 0 Å². The van der Waals surface area contributed by atoms with Gasteiger partial charge in [0.1, 0.15) is 0 Å². The lowest BCUT2D eigenvalue weighted by molar-refractivity contribution is -0.150. The third-order valence-electron chi connectivity index (χ3n) is 6.01. The molecule has 1 spiro atoms. The van der Waals surface area contributed by atoms with Gasteiger partial charge in [-0.1, -0.05) is 42.5 Å². The number of hydrogen-bond donors (Lipinski definition) is 0. The van der Waals surface area contributed by atoms with E-state index >= 15 is 0 Å². The molecule has 3 heteroatoms. The average Bonchev–Trinajstić information content (AvgIpc) is 2.62. The zero-order chi connectivity index (χ0) is 16.6. The second-order valence-corrected chi connectivity index (χ2v) is 7.55. The summed E-state index contributed by atoms with van der Waals surface area (Å²) >= 11 is 0. The number of amides is 1. The van der Waals surface area contributed by atoms with Crippen LogP contribution in [0.1, 0.15) is 31.2 Å². The van der Waals surface area contributed by atoms with Crippen molar-refractivity contribution in [3.05, 3.63) is 48.0 Å². The number of rotatable bonds is 2. The maximum Gasteiger partial charge on any atom is 0.229 e. The fraction of sp³-hybridized carbons (Fsp3) is 0.476. The Balaban J connectivity index is 1.59. The number of benzene rings is 2. The summed E-state index contributed by atoms with van der Waals surface area (Å²) < 4.78 is 0. The van der Waals surface area contributed by atoms with E-state index in [0.717, 1.165) is 51.9 Å². The smallest absolute Gasteiger partial charge is 0.229 e. The molecule has 2 heterocycles. The number of carbonyl (C=O) groups excluding carboxylic acids is 1. The number of carbonyl (C=O) groups is 1. The molecule has 0 aliphatic carbocycles. The molecule has 2 aliphatic rings. The molecule has 126 valence electrons. The lowest BCUT2D eigenvalue weighted by Gasteiger charge is -2.46. The predicted octanol–water partition coefficient (Wildman–Crippen LogP) is 3.67. The molecule has 0 unspecified atom stereocenters. The monoisotopic (exact) mass is 322 g/mol. The highest BCUT2D eigenvalue weighted by atomic mass is 16.2. The Bertz CT molecular complexity index is 741. The molecular formula is C21H26N2O. The standard InChI is InChI=1S/C21H26N2O/c1-22-14-11-21(12-15-22)10-5-13-23(20(21)24)16-18-8-4-7-17-6-2-3-9-19(17)18/h2-4,6-9H,5,10-16H2,1H3. The number of hydrogen-bond acceptors (Lipinski definition) is 2. The van der Waals surface area contributed by atoms with Crippen molar-refractivity contribution in [1.82, 2.24) is 9.80 Å². The SMILES string of the molecule is CN1CCC2(CCCN(Cc3cccc4ccccc34)C2=O)CC1. The van der Waals surface area contributed by atoms with Crippen LogP contribution in [0.2, 0.25) is 0 Å². The third kappa shape index (κ3) is 2.71. The summed E-state index contributed by atoms with van der Waals surface area (Å²) in [7, 11) is 2.16. The number of piperidine rings is 2. The van der Waals surface area contributed by atoms with Crippen molar-refractivity contribution in [3.8, 4) is 0 Å². The first-order valence-electron chi connectivity index (χ1n) is 9.13. The Hall–Kier alpha value is -1.87. The maximum absolute atomic E-state index is 13.3. The lowest BCUT2D eigenvalue weighted by atomic mass is 9.71. The molecule has 0 bridgehead atoms. The Morgan fingerprint density at radius 3 is 2.54 bits per heavy atom. The number of likely N-dealkylation sites (tertiary alicyclic amines) is 2. The first-order chi connectivity index (χ1) is 11.7. The Labute approximate surface area is 144 Å². The van der Waals surface area contributed by atoms with E-state index in [1.807, 2.05) is 0 Å². The minimum Gasteiger partial charge on any atom is -0.338 e. The van der Waals surface area contributed by atoms with Crippen LogP contribution in [0.15, 0.2) is 42.5 Å². The molecule has 3 nitrogen and oxygen atoms in total. The van der Waals surface area contributed by atoms with Gasteiger partial charge in [0.25, 0.3) is 0 Å². The first kappa shape index (κ1) is 15.6. The Morgan fingerprint density at radius 2 is 1.71 bits per heavy atom. The molecule has 2 saturated heterocycles. The molecule has 0 atom stereocenters. The summed E-state index contributed by atoms with van der Waals surface area (Å²) in [6.45, 7) is 3.75. The van der Waals surface area contributed by atoms with E-state index in [-0.39, 0.29) is 5.41 Å². The summed E-state index contributed by atoms with van der Waals surface area (Å²) in [4.78, 5) is 17.7. The van der Waals surface area contributed by atoms with Crippen LogP contribution in [-0.2, 0) is 11.3 Å². The van der Waals surface area contributed by atoms with Crippen LogP contribution >= 0.6 is 0 Å². The molecule has 2 aliphatic heterocycles.